The average molecular weight is 555 g/mol. The van der Waals surface area contributed by atoms with E-state index in [-0.39, 0.29) is 53.8 Å². The van der Waals surface area contributed by atoms with Gasteiger partial charge >= 0.3 is 17.8 Å². The van der Waals surface area contributed by atoms with E-state index in [1.165, 1.54) is 7.11 Å². The highest BCUT2D eigenvalue weighted by atomic mass is 35.5. The van der Waals surface area contributed by atoms with Gasteiger partial charge in [-0.2, -0.15) is 13.2 Å². The first-order valence-electron chi connectivity index (χ1n) is 10.0. The minimum atomic E-state index is -4.96. The quantitative estimate of drug-likeness (QED) is 0.276. The predicted molar refractivity (Wildman–Crippen MR) is 124 cm³/mol. The van der Waals surface area contributed by atoms with Gasteiger partial charge in [-0.05, 0) is 30.4 Å². The van der Waals surface area contributed by atoms with Crippen LogP contribution in [-0.4, -0.2) is 38.8 Å². The van der Waals surface area contributed by atoms with Crippen molar-refractivity contribution in [2.24, 2.45) is 12.5 Å². The highest BCUT2D eigenvalue weighted by Gasteiger charge is 2.45. The SMILES string of the molecule is COC(=O)CC1(CSC(=O)CSc2cc(-n3c(=O)cc(C(F)(F)F)n(C)c3=O)c(F)cc2Cl)CC1. The summed E-state index contributed by atoms with van der Waals surface area (Å²) in [6.07, 6.45) is -3.13. The smallest absolute Gasteiger partial charge is 0.431 e. The van der Waals surface area contributed by atoms with Gasteiger partial charge in [0.05, 0.1) is 30.0 Å². The van der Waals surface area contributed by atoms with Gasteiger partial charge in [-0.15, -0.1) is 11.8 Å². The lowest BCUT2D eigenvalue weighted by Crippen LogP contribution is -2.41. The Kier molecular flexibility index (Phi) is 8.12. The number of rotatable bonds is 8. The predicted octanol–water partition coefficient (Wildman–Crippen LogP) is 4.04. The molecule has 0 amide bonds. The van der Waals surface area contributed by atoms with Crippen molar-refractivity contribution in [2.45, 2.75) is 30.3 Å². The van der Waals surface area contributed by atoms with Crippen molar-refractivity contribution in [1.29, 1.82) is 0 Å². The molecule has 7 nitrogen and oxygen atoms in total. The summed E-state index contributed by atoms with van der Waals surface area (Å²) in [4.78, 5) is 48.8. The standard InChI is InChI=1S/C21H19ClF4N2O5S2/c1-27-15(21(24,25)26)7-16(29)28(19(27)32)13-6-14(11(22)5-12(13)23)34-9-18(31)35-10-20(3-4-20)8-17(30)33-2/h5-7H,3-4,8-10H2,1-2H3. The van der Waals surface area contributed by atoms with E-state index in [0.29, 0.717) is 5.75 Å². The molecular weight excluding hydrogens is 536 g/mol. The van der Waals surface area contributed by atoms with Crippen molar-refractivity contribution in [2.75, 3.05) is 18.6 Å². The van der Waals surface area contributed by atoms with E-state index < -0.39 is 34.6 Å². The van der Waals surface area contributed by atoms with Gasteiger partial charge in [0.15, 0.2) is 5.12 Å². The van der Waals surface area contributed by atoms with Crippen LogP contribution in [0.25, 0.3) is 5.69 Å². The number of alkyl halides is 3. The number of thioether (sulfide) groups is 2. The van der Waals surface area contributed by atoms with Crippen LogP contribution in [0.4, 0.5) is 17.6 Å². The van der Waals surface area contributed by atoms with Gasteiger partial charge in [0.2, 0.25) is 0 Å². The molecule has 1 aromatic carbocycles. The summed E-state index contributed by atoms with van der Waals surface area (Å²) in [5.74, 6) is -1.11. The summed E-state index contributed by atoms with van der Waals surface area (Å²) in [5.41, 5.74) is -5.09. The number of carbonyl (C=O) groups excluding carboxylic acids is 2. The van der Waals surface area contributed by atoms with E-state index in [2.05, 4.69) is 4.74 Å². The van der Waals surface area contributed by atoms with Crippen molar-refractivity contribution in [3.63, 3.8) is 0 Å². The van der Waals surface area contributed by atoms with Gasteiger partial charge < -0.3 is 4.74 Å². The summed E-state index contributed by atoms with van der Waals surface area (Å²) in [6, 6.07) is 2.05. The van der Waals surface area contributed by atoms with Crippen LogP contribution in [0, 0.1) is 11.2 Å². The van der Waals surface area contributed by atoms with Crippen LogP contribution in [0.1, 0.15) is 25.0 Å². The van der Waals surface area contributed by atoms with Gasteiger partial charge in [-0.25, -0.2) is 13.8 Å². The summed E-state index contributed by atoms with van der Waals surface area (Å²) in [5, 5.41) is -0.342. The van der Waals surface area contributed by atoms with E-state index in [0.717, 1.165) is 55.5 Å². The van der Waals surface area contributed by atoms with Gasteiger partial charge in [-0.1, -0.05) is 23.4 Å². The zero-order valence-electron chi connectivity index (χ0n) is 18.4. The van der Waals surface area contributed by atoms with E-state index >= 15 is 0 Å². The second-order valence-corrected chi connectivity index (χ2v) is 10.4. The van der Waals surface area contributed by atoms with E-state index in [9.17, 15) is 36.7 Å². The first-order chi connectivity index (χ1) is 16.3. The number of ether oxygens (including phenoxy) is 1. The molecule has 0 unspecified atom stereocenters. The Labute approximate surface area is 209 Å². The average Bonchev–Trinajstić information content (AvgIpc) is 3.54. The van der Waals surface area contributed by atoms with Gasteiger partial charge in [0.25, 0.3) is 5.56 Å². The highest BCUT2D eigenvalue weighted by Crippen LogP contribution is 2.51. The van der Waals surface area contributed by atoms with Gasteiger partial charge in [-0.3, -0.25) is 19.0 Å². The highest BCUT2D eigenvalue weighted by molar-refractivity contribution is 8.15. The van der Waals surface area contributed by atoms with E-state index in [1.54, 1.807) is 0 Å². The number of hydrogen-bond donors (Lipinski definition) is 0. The Morgan fingerprint density at radius 1 is 1.20 bits per heavy atom. The maximum absolute atomic E-state index is 14.6. The van der Waals surface area contributed by atoms with Crippen LogP contribution in [-0.2, 0) is 27.5 Å². The van der Waals surface area contributed by atoms with Crippen molar-refractivity contribution in [3.8, 4) is 5.69 Å². The third kappa shape index (κ3) is 6.31. The third-order valence-electron chi connectivity index (χ3n) is 5.44. The van der Waals surface area contributed by atoms with E-state index in [4.69, 9.17) is 11.6 Å². The number of halogens is 5. The molecule has 14 heteroatoms. The zero-order valence-corrected chi connectivity index (χ0v) is 20.8. The summed E-state index contributed by atoms with van der Waals surface area (Å²) >= 11 is 8.01. The molecule has 0 radical (unpaired) electrons. The molecule has 0 aliphatic heterocycles. The minimum Gasteiger partial charge on any atom is -0.469 e. The fraction of sp³-hybridized carbons (Fsp3) is 0.429. The number of hydrogen-bond acceptors (Lipinski definition) is 7. The molecule has 2 aromatic rings. The Bertz CT molecular complexity index is 1290. The lowest BCUT2D eigenvalue weighted by Gasteiger charge is -2.15. The maximum Gasteiger partial charge on any atom is 0.431 e. The van der Waals surface area contributed by atoms with Crippen LogP contribution in [0.3, 0.4) is 0 Å². The lowest BCUT2D eigenvalue weighted by atomic mass is 10.1. The van der Waals surface area contributed by atoms with Crippen LogP contribution in [0.2, 0.25) is 5.02 Å². The normalized spacial score (nSPS) is 14.6. The number of methoxy groups -OCH3 is 1. The topological polar surface area (TPSA) is 87.4 Å². The maximum atomic E-state index is 14.6. The fourth-order valence-corrected chi connectivity index (χ4v) is 5.61. The Balaban J connectivity index is 1.79. The number of nitrogens with zero attached hydrogens (tertiary/aromatic N) is 2. The molecule has 0 bridgehead atoms. The fourth-order valence-electron chi connectivity index (χ4n) is 3.26. The van der Waals surface area contributed by atoms with Crippen LogP contribution >= 0.6 is 35.1 Å². The molecule has 1 heterocycles. The first-order valence-corrected chi connectivity index (χ1v) is 12.4. The second kappa shape index (κ2) is 10.4. The molecule has 1 aliphatic rings. The van der Waals surface area contributed by atoms with Gasteiger partial charge in [0.1, 0.15) is 11.5 Å². The molecule has 35 heavy (non-hydrogen) atoms. The minimum absolute atomic E-state index is 0.0936. The molecule has 1 aromatic heterocycles. The molecule has 3 rings (SSSR count). The molecule has 190 valence electrons. The molecule has 0 spiro atoms. The summed E-state index contributed by atoms with van der Waals surface area (Å²) in [7, 11) is 2.11. The number of benzene rings is 1. The van der Waals surface area contributed by atoms with Crippen LogP contribution < -0.4 is 11.2 Å². The monoisotopic (exact) mass is 554 g/mol. The molecule has 1 aliphatic carbocycles. The number of carbonyl (C=O) groups is 2. The molecule has 1 saturated carbocycles. The van der Waals surface area contributed by atoms with Gasteiger partial charge in [0, 0.05) is 23.8 Å². The largest absolute Gasteiger partial charge is 0.469 e. The number of esters is 1. The second-order valence-electron chi connectivity index (χ2n) is 7.98. The van der Waals surface area contributed by atoms with Crippen LogP contribution in [0.5, 0.6) is 0 Å². The van der Waals surface area contributed by atoms with Crippen LogP contribution in [0.15, 0.2) is 32.7 Å². The summed E-state index contributed by atoms with van der Waals surface area (Å²) in [6.45, 7) is 0. The Morgan fingerprint density at radius 2 is 1.86 bits per heavy atom. The van der Waals surface area contributed by atoms with E-state index in [1.807, 2.05) is 0 Å². The molecule has 0 N–H and O–H groups in total. The zero-order chi connectivity index (χ0) is 26.1. The number of aromatic nitrogens is 2. The molecular formula is C21H19ClF4N2O5S2. The lowest BCUT2D eigenvalue weighted by molar-refractivity contribution is -0.144. The summed E-state index contributed by atoms with van der Waals surface area (Å²) < 4.78 is 59.0. The van der Waals surface area contributed by atoms with Crippen molar-refractivity contribution < 1.29 is 31.9 Å². The van der Waals surface area contributed by atoms with Crippen molar-refractivity contribution in [1.82, 2.24) is 9.13 Å². The van der Waals surface area contributed by atoms with Crippen molar-refractivity contribution >= 4 is 46.2 Å². The Morgan fingerprint density at radius 3 is 2.43 bits per heavy atom. The molecule has 1 fully saturated rings. The third-order valence-corrected chi connectivity index (χ3v) is 8.33. The van der Waals surface area contributed by atoms with Crippen molar-refractivity contribution in [3.05, 3.63) is 55.6 Å². The molecule has 0 saturated heterocycles. The molecule has 0 atom stereocenters. The Hall–Kier alpha value is -2.25. The first kappa shape index (κ1) is 27.3.